The summed E-state index contributed by atoms with van der Waals surface area (Å²) >= 11 is 0. The molecule has 2 aliphatic rings. The van der Waals surface area contributed by atoms with E-state index in [9.17, 15) is 19.2 Å². The Morgan fingerprint density at radius 1 is 0.743 bits per heavy atom. The smallest absolute Gasteiger partial charge is 0.326 e. The number of ketones is 1. The van der Waals surface area contributed by atoms with E-state index in [2.05, 4.69) is 0 Å². The van der Waals surface area contributed by atoms with Crippen LogP contribution in [0.4, 0.5) is 0 Å². The summed E-state index contributed by atoms with van der Waals surface area (Å²) < 4.78 is 0. The van der Waals surface area contributed by atoms with Crippen molar-refractivity contribution >= 4 is 23.6 Å². The fourth-order valence-electron chi connectivity index (χ4n) is 4.55. The SMILES string of the molecule is C.CC(=O)[C@@H]1CCCN1C(=O)Cc1ccccc1.O=C(O)[C@@H]1CCCN1C(=O)Cc1ccccc1. The first-order valence-corrected chi connectivity index (χ1v) is 11.8. The Bertz CT molecular complexity index is 911. The Morgan fingerprint density at radius 2 is 1.14 bits per heavy atom. The first kappa shape index (κ1) is 27.8. The van der Waals surface area contributed by atoms with Crippen LogP contribution in [0, 0.1) is 0 Å². The summed E-state index contributed by atoms with van der Waals surface area (Å²) in [5, 5.41) is 9.00. The lowest BCUT2D eigenvalue weighted by atomic mass is 10.1. The number of hydrogen-bond acceptors (Lipinski definition) is 4. The first-order chi connectivity index (χ1) is 16.4. The number of amides is 2. The van der Waals surface area contributed by atoms with Crippen molar-refractivity contribution in [1.82, 2.24) is 9.80 Å². The topological polar surface area (TPSA) is 95.0 Å². The highest BCUT2D eigenvalue weighted by molar-refractivity contribution is 5.89. The number of hydrogen-bond donors (Lipinski definition) is 1. The third-order valence-electron chi connectivity index (χ3n) is 6.30. The Hall–Kier alpha value is -3.48. The molecule has 7 heteroatoms. The van der Waals surface area contributed by atoms with E-state index < -0.39 is 12.0 Å². The molecule has 2 aliphatic heterocycles. The van der Waals surface area contributed by atoms with Gasteiger partial charge in [-0.1, -0.05) is 68.1 Å². The van der Waals surface area contributed by atoms with Gasteiger partial charge in [0.1, 0.15) is 6.04 Å². The van der Waals surface area contributed by atoms with Gasteiger partial charge in [-0.05, 0) is 43.7 Å². The van der Waals surface area contributed by atoms with Crippen molar-refractivity contribution in [2.75, 3.05) is 13.1 Å². The molecule has 0 unspecified atom stereocenters. The van der Waals surface area contributed by atoms with Crippen molar-refractivity contribution in [3.8, 4) is 0 Å². The minimum Gasteiger partial charge on any atom is -0.480 e. The molecule has 35 heavy (non-hydrogen) atoms. The number of carboxylic acids is 1. The number of carboxylic acid groups (broad SMARTS) is 1. The third kappa shape index (κ3) is 7.77. The predicted molar refractivity (Wildman–Crippen MR) is 135 cm³/mol. The van der Waals surface area contributed by atoms with Gasteiger partial charge in [0.25, 0.3) is 0 Å². The molecule has 188 valence electrons. The molecule has 0 spiro atoms. The zero-order valence-corrected chi connectivity index (χ0v) is 19.6. The zero-order valence-electron chi connectivity index (χ0n) is 19.6. The van der Waals surface area contributed by atoms with Crippen molar-refractivity contribution in [2.45, 2.75) is 65.0 Å². The molecule has 0 bridgehead atoms. The molecule has 0 aromatic heterocycles. The number of aliphatic carboxylic acids is 1. The molecule has 4 rings (SSSR count). The second kappa shape index (κ2) is 13.4. The summed E-state index contributed by atoms with van der Waals surface area (Å²) in [6, 6.07) is 18.2. The first-order valence-electron chi connectivity index (χ1n) is 11.8. The molecule has 2 aromatic rings. The molecule has 2 atom stereocenters. The van der Waals surface area contributed by atoms with Gasteiger partial charge in [0, 0.05) is 13.1 Å². The minimum absolute atomic E-state index is 0. The molecule has 1 N–H and O–H groups in total. The van der Waals surface area contributed by atoms with Gasteiger partial charge in [-0.3, -0.25) is 14.4 Å². The highest BCUT2D eigenvalue weighted by Gasteiger charge is 2.33. The maximum atomic E-state index is 12.1. The van der Waals surface area contributed by atoms with E-state index in [-0.39, 0.29) is 37.5 Å². The molecular formula is C28H36N2O5. The van der Waals surface area contributed by atoms with E-state index in [1.54, 1.807) is 11.8 Å². The molecule has 2 heterocycles. The van der Waals surface area contributed by atoms with Crippen LogP contribution < -0.4 is 0 Å². The summed E-state index contributed by atoms with van der Waals surface area (Å²) in [5.74, 6) is -0.831. The monoisotopic (exact) mass is 480 g/mol. The van der Waals surface area contributed by atoms with Crippen LogP contribution in [-0.4, -0.2) is 63.6 Å². The maximum absolute atomic E-state index is 12.1. The summed E-state index contributed by atoms with van der Waals surface area (Å²) in [4.78, 5) is 49.7. The average molecular weight is 481 g/mol. The molecule has 7 nitrogen and oxygen atoms in total. The third-order valence-corrected chi connectivity index (χ3v) is 6.30. The fraction of sp³-hybridized carbons (Fsp3) is 0.429. The lowest BCUT2D eigenvalue weighted by Gasteiger charge is -2.22. The molecule has 0 saturated carbocycles. The fourth-order valence-corrected chi connectivity index (χ4v) is 4.55. The molecule has 2 amide bonds. The van der Waals surface area contributed by atoms with Gasteiger partial charge in [-0.15, -0.1) is 0 Å². The van der Waals surface area contributed by atoms with Crippen LogP contribution in [0.3, 0.4) is 0 Å². The van der Waals surface area contributed by atoms with Crippen molar-refractivity contribution in [2.24, 2.45) is 0 Å². The lowest BCUT2D eigenvalue weighted by molar-refractivity contribution is -0.148. The second-order valence-electron chi connectivity index (χ2n) is 8.76. The number of nitrogens with zero attached hydrogens (tertiary/aromatic N) is 2. The zero-order chi connectivity index (χ0) is 24.5. The number of carbonyl (C=O) groups excluding carboxylic acids is 3. The van der Waals surface area contributed by atoms with Crippen LogP contribution >= 0.6 is 0 Å². The summed E-state index contributed by atoms with van der Waals surface area (Å²) in [6.07, 6.45) is 3.77. The van der Waals surface area contributed by atoms with Crippen LogP contribution in [0.15, 0.2) is 60.7 Å². The van der Waals surface area contributed by atoms with Crippen LogP contribution in [0.25, 0.3) is 0 Å². The standard InChI is InChI=1S/C14H17NO2.C13H15NO3.CH4/c1-11(16)13-8-5-9-15(13)14(17)10-12-6-3-2-4-7-12;15-12(9-10-5-2-1-3-6-10)14-8-4-7-11(14)13(16)17;/h2-4,6-7,13H,5,8-10H2,1H3;1-3,5-6,11H,4,7-9H2,(H,16,17);1H4/t13-;11-;/m00./s1. The van der Waals surface area contributed by atoms with E-state index >= 15 is 0 Å². The molecule has 0 radical (unpaired) electrons. The molecule has 2 saturated heterocycles. The van der Waals surface area contributed by atoms with Crippen molar-refractivity contribution in [3.05, 3.63) is 71.8 Å². The Kier molecular flexibility index (Phi) is 10.6. The highest BCUT2D eigenvalue weighted by Crippen LogP contribution is 2.20. The van der Waals surface area contributed by atoms with Gasteiger partial charge in [0.2, 0.25) is 11.8 Å². The Labute approximate surface area is 207 Å². The minimum atomic E-state index is -0.899. The van der Waals surface area contributed by atoms with Gasteiger partial charge in [-0.25, -0.2) is 4.79 Å². The predicted octanol–water partition coefficient (Wildman–Crippen LogP) is 3.75. The normalized spacial score (nSPS) is 18.8. The van der Waals surface area contributed by atoms with E-state index in [1.165, 1.54) is 4.90 Å². The van der Waals surface area contributed by atoms with Crippen molar-refractivity contribution < 1.29 is 24.3 Å². The maximum Gasteiger partial charge on any atom is 0.326 e. The van der Waals surface area contributed by atoms with E-state index in [4.69, 9.17) is 5.11 Å². The van der Waals surface area contributed by atoms with Crippen molar-refractivity contribution in [3.63, 3.8) is 0 Å². The van der Waals surface area contributed by atoms with Gasteiger partial charge in [0.15, 0.2) is 5.78 Å². The molecule has 2 aromatic carbocycles. The summed E-state index contributed by atoms with van der Waals surface area (Å²) in [7, 11) is 0. The number of benzene rings is 2. The van der Waals surface area contributed by atoms with Gasteiger partial charge in [-0.2, -0.15) is 0 Å². The molecule has 0 aliphatic carbocycles. The summed E-state index contributed by atoms with van der Waals surface area (Å²) in [6.45, 7) is 2.84. The quantitative estimate of drug-likeness (QED) is 0.680. The van der Waals surface area contributed by atoms with Gasteiger partial charge in [0.05, 0.1) is 18.9 Å². The number of Topliss-reactive ketones (excluding diaryl/α,β-unsaturated/α-hetero) is 1. The van der Waals surface area contributed by atoms with E-state index in [1.807, 2.05) is 60.7 Å². The lowest BCUT2D eigenvalue weighted by Crippen LogP contribution is -2.41. The largest absolute Gasteiger partial charge is 0.480 e. The van der Waals surface area contributed by atoms with Gasteiger partial charge < -0.3 is 14.9 Å². The average Bonchev–Trinajstić information content (AvgIpc) is 3.51. The number of rotatable bonds is 6. The molecule has 2 fully saturated rings. The van der Waals surface area contributed by atoms with Crippen molar-refractivity contribution in [1.29, 1.82) is 0 Å². The van der Waals surface area contributed by atoms with E-state index in [0.717, 1.165) is 36.9 Å². The van der Waals surface area contributed by atoms with Gasteiger partial charge >= 0.3 is 5.97 Å². The van der Waals surface area contributed by atoms with Crippen LogP contribution in [0.5, 0.6) is 0 Å². The number of carbonyl (C=O) groups is 4. The summed E-state index contributed by atoms with van der Waals surface area (Å²) in [5.41, 5.74) is 1.93. The second-order valence-corrected chi connectivity index (χ2v) is 8.76. The Morgan fingerprint density at radius 3 is 1.54 bits per heavy atom. The van der Waals surface area contributed by atoms with Crippen LogP contribution in [0.2, 0.25) is 0 Å². The Balaban J connectivity index is 0.000000240. The van der Waals surface area contributed by atoms with E-state index in [0.29, 0.717) is 19.4 Å². The van der Waals surface area contributed by atoms with Crippen LogP contribution in [-0.2, 0) is 32.0 Å². The molecular weight excluding hydrogens is 444 g/mol. The van der Waals surface area contributed by atoms with Crippen LogP contribution in [0.1, 0.15) is 51.2 Å². The highest BCUT2D eigenvalue weighted by atomic mass is 16.4. The number of likely N-dealkylation sites (tertiary alicyclic amines) is 2.